The van der Waals surface area contributed by atoms with Crippen LogP contribution in [0.3, 0.4) is 0 Å². The second kappa shape index (κ2) is 6.45. The molecule has 2 aromatic carbocycles. The summed E-state index contributed by atoms with van der Waals surface area (Å²) in [5, 5.41) is 7.71. The minimum Gasteiger partial charge on any atom is -0.322 e. The SMILES string of the molecule is Cc1ccc(F)cc1NC(=O)c1cn(-c2ccc(Cl)cc2)nc1C. The lowest BCUT2D eigenvalue weighted by Gasteiger charge is -2.07. The number of nitrogens with zero attached hydrogens (tertiary/aromatic N) is 2. The van der Waals surface area contributed by atoms with Crippen LogP contribution in [0.5, 0.6) is 0 Å². The van der Waals surface area contributed by atoms with E-state index in [-0.39, 0.29) is 5.91 Å². The van der Waals surface area contributed by atoms with E-state index < -0.39 is 5.82 Å². The number of aryl methyl sites for hydroxylation is 2. The smallest absolute Gasteiger partial charge is 0.259 e. The minimum absolute atomic E-state index is 0.332. The van der Waals surface area contributed by atoms with Gasteiger partial charge in [0, 0.05) is 16.9 Å². The normalized spacial score (nSPS) is 10.7. The van der Waals surface area contributed by atoms with E-state index in [1.54, 1.807) is 42.9 Å². The van der Waals surface area contributed by atoms with Crippen LogP contribution in [0.4, 0.5) is 10.1 Å². The first-order valence-corrected chi connectivity index (χ1v) is 7.71. The molecule has 122 valence electrons. The van der Waals surface area contributed by atoms with Crippen LogP contribution in [0, 0.1) is 19.7 Å². The minimum atomic E-state index is -0.399. The lowest BCUT2D eigenvalue weighted by atomic mass is 10.2. The molecule has 0 atom stereocenters. The van der Waals surface area contributed by atoms with Gasteiger partial charge in [-0.05, 0) is 55.8 Å². The third-order valence-electron chi connectivity index (χ3n) is 3.68. The summed E-state index contributed by atoms with van der Waals surface area (Å²) in [4.78, 5) is 12.5. The van der Waals surface area contributed by atoms with Crippen LogP contribution in [-0.4, -0.2) is 15.7 Å². The molecular formula is C18H15ClFN3O. The van der Waals surface area contributed by atoms with E-state index in [1.165, 1.54) is 12.1 Å². The first-order chi connectivity index (χ1) is 11.4. The molecule has 3 aromatic rings. The Morgan fingerprint density at radius 1 is 1.17 bits per heavy atom. The molecule has 0 spiro atoms. The molecule has 6 heteroatoms. The Kier molecular flexibility index (Phi) is 4.36. The van der Waals surface area contributed by atoms with Crippen LogP contribution < -0.4 is 5.32 Å². The van der Waals surface area contributed by atoms with Gasteiger partial charge in [0.25, 0.3) is 5.91 Å². The third-order valence-corrected chi connectivity index (χ3v) is 3.93. The van der Waals surface area contributed by atoms with Gasteiger partial charge in [0.1, 0.15) is 5.82 Å². The summed E-state index contributed by atoms with van der Waals surface area (Å²) in [5.74, 6) is -0.731. The predicted octanol–water partition coefficient (Wildman–Crippen LogP) is 4.53. The average molecular weight is 344 g/mol. The van der Waals surface area contributed by atoms with E-state index in [1.807, 2.05) is 12.1 Å². The van der Waals surface area contributed by atoms with Crippen LogP contribution >= 0.6 is 11.6 Å². The van der Waals surface area contributed by atoms with E-state index in [9.17, 15) is 9.18 Å². The maximum Gasteiger partial charge on any atom is 0.259 e. The van der Waals surface area contributed by atoms with Crippen molar-refractivity contribution in [3.8, 4) is 5.69 Å². The van der Waals surface area contributed by atoms with Crippen LogP contribution in [0.25, 0.3) is 5.69 Å². The first kappa shape index (κ1) is 16.2. The topological polar surface area (TPSA) is 46.9 Å². The molecule has 1 N–H and O–H groups in total. The molecule has 0 fully saturated rings. The summed E-state index contributed by atoms with van der Waals surface area (Å²) in [7, 11) is 0. The molecule has 1 heterocycles. The van der Waals surface area contributed by atoms with Gasteiger partial charge in [0.2, 0.25) is 0 Å². The predicted molar refractivity (Wildman–Crippen MR) is 92.4 cm³/mol. The van der Waals surface area contributed by atoms with Crippen molar-refractivity contribution in [2.24, 2.45) is 0 Å². The quantitative estimate of drug-likeness (QED) is 0.759. The summed E-state index contributed by atoms with van der Waals surface area (Å²) in [5.41, 5.74) is 3.03. The molecule has 0 unspecified atom stereocenters. The number of nitrogens with one attached hydrogen (secondary N) is 1. The van der Waals surface area contributed by atoms with Gasteiger partial charge in [-0.2, -0.15) is 5.10 Å². The molecular weight excluding hydrogens is 329 g/mol. The molecule has 4 nitrogen and oxygen atoms in total. The fraction of sp³-hybridized carbons (Fsp3) is 0.111. The number of hydrogen-bond donors (Lipinski definition) is 1. The zero-order valence-corrected chi connectivity index (χ0v) is 13.9. The molecule has 0 radical (unpaired) electrons. The van der Waals surface area contributed by atoms with Gasteiger partial charge in [0.05, 0.1) is 16.9 Å². The molecule has 1 amide bonds. The van der Waals surface area contributed by atoms with Crippen molar-refractivity contribution >= 4 is 23.2 Å². The number of rotatable bonds is 3. The van der Waals surface area contributed by atoms with E-state index in [2.05, 4.69) is 10.4 Å². The van der Waals surface area contributed by atoms with Gasteiger partial charge in [0.15, 0.2) is 0 Å². The van der Waals surface area contributed by atoms with E-state index >= 15 is 0 Å². The Labute approximate surface area is 143 Å². The van der Waals surface area contributed by atoms with Gasteiger partial charge >= 0.3 is 0 Å². The van der Waals surface area contributed by atoms with Crippen molar-refractivity contribution < 1.29 is 9.18 Å². The highest BCUT2D eigenvalue weighted by Crippen LogP contribution is 2.19. The summed E-state index contributed by atoms with van der Waals surface area (Å²) in [6, 6.07) is 11.4. The van der Waals surface area contributed by atoms with E-state index in [0.29, 0.717) is 22.0 Å². The Bertz CT molecular complexity index is 903. The largest absolute Gasteiger partial charge is 0.322 e. The second-order valence-electron chi connectivity index (χ2n) is 5.46. The van der Waals surface area contributed by atoms with Gasteiger partial charge < -0.3 is 5.32 Å². The lowest BCUT2D eigenvalue weighted by Crippen LogP contribution is -2.13. The Hall–Kier alpha value is -2.66. The number of anilines is 1. The molecule has 0 aliphatic rings. The Morgan fingerprint density at radius 2 is 1.88 bits per heavy atom. The molecule has 3 rings (SSSR count). The van der Waals surface area contributed by atoms with Crippen LogP contribution in [-0.2, 0) is 0 Å². The number of aromatic nitrogens is 2. The summed E-state index contributed by atoms with van der Waals surface area (Å²) < 4.78 is 15.0. The number of benzene rings is 2. The zero-order valence-electron chi connectivity index (χ0n) is 13.2. The number of carbonyl (C=O) groups is 1. The number of hydrogen-bond acceptors (Lipinski definition) is 2. The fourth-order valence-electron chi connectivity index (χ4n) is 2.33. The van der Waals surface area contributed by atoms with Crippen molar-refractivity contribution in [1.82, 2.24) is 9.78 Å². The number of amides is 1. The fourth-order valence-corrected chi connectivity index (χ4v) is 2.45. The highest BCUT2D eigenvalue weighted by molar-refractivity contribution is 6.30. The molecule has 0 saturated heterocycles. The van der Waals surface area contributed by atoms with Crippen LogP contribution in [0.2, 0.25) is 5.02 Å². The van der Waals surface area contributed by atoms with Crippen molar-refractivity contribution in [3.63, 3.8) is 0 Å². The highest BCUT2D eigenvalue weighted by Gasteiger charge is 2.15. The van der Waals surface area contributed by atoms with Crippen LogP contribution in [0.15, 0.2) is 48.7 Å². The van der Waals surface area contributed by atoms with E-state index in [0.717, 1.165) is 11.3 Å². The summed E-state index contributed by atoms with van der Waals surface area (Å²) >= 11 is 5.88. The monoisotopic (exact) mass is 343 g/mol. The number of carbonyl (C=O) groups excluding carboxylic acids is 1. The van der Waals surface area contributed by atoms with Crippen molar-refractivity contribution in [2.75, 3.05) is 5.32 Å². The molecule has 24 heavy (non-hydrogen) atoms. The number of halogens is 2. The van der Waals surface area contributed by atoms with Gasteiger partial charge in [-0.25, -0.2) is 9.07 Å². The van der Waals surface area contributed by atoms with Crippen LogP contribution in [0.1, 0.15) is 21.6 Å². The molecule has 0 aliphatic carbocycles. The average Bonchev–Trinajstić information content (AvgIpc) is 2.93. The van der Waals surface area contributed by atoms with E-state index in [4.69, 9.17) is 11.6 Å². The Morgan fingerprint density at radius 3 is 2.58 bits per heavy atom. The van der Waals surface area contributed by atoms with Crippen molar-refractivity contribution in [2.45, 2.75) is 13.8 Å². The second-order valence-corrected chi connectivity index (χ2v) is 5.90. The Balaban J connectivity index is 1.88. The van der Waals surface area contributed by atoms with Gasteiger partial charge in [-0.3, -0.25) is 4.79 Å². The molecule has 0 aliphatic heterocycles. The third kappa shape index (κ3) is 3.31. The lowest BCUT2D eigenvalue weighted by molar-refractivity contribution is 0.102. The van der Waals surface area contributed by atoms with Crippen molar-refractivity contribution in [1.29, 1.82) is 0 Å². The highest BCUT2D eigenvalue weighted by atomic mass is 35.5. The first-order valence-electron chi connectivity index (χ1n) is 7.34. The van der Waals surface area contributed by atoms with Gasteiger partial charge in [-0.1, -0.05) is 17.7 Å². The molecule has 1 aromatic heterocycles. The van der Waals surface area contributed by atoms with Gasteiger partial charge in [-0.15, -0.1) is 0 Å². The summed E-state index contributed by atoms with van der Waals surface area (Å²) in [6.07, 6.45) is 1.64. The molecule has 0 bridgehead atoms. The molecule has 0 saturated carbocycles. The zero-order chi connectivity index (χ0) is 17.3. The van der Waals surface area contributed by atoms with Crippen molar-refractivity contribution in [3.05, 3.63) is 76.3 Å². The maximum atomic E-state index is 13.4. The standard InChI is InChI=1S/C18H15ClFN3O/c1-11-3-6-14(20)9-17(11)21-18(24)16-10-23(22-12(16)2)15-7-4-13(19)5-8-15/h3-10H,1-2H3,(H,21,24). The maximum absolute atomic E-state index is 13.4. The summed E-state index contributed by atoms with van der Waals surface area (Å²) in [6.45, 7) is 3.55.